The molecule has 0 spiro atoms. The molecule has 1 aliphatic rings. The minimum absolute atomic E-state index is 0.107. The van der Waals surface area contributed by atoms with Gasteiger partial charge in [0.25, 0.3) is 0 Å². The number of aromatic nitrogens is 2. The number of carbonyl (C=O) groups is 1. The Balaban J connectivity index is 1.59. The predicted octanol–water partition coefficient (Wildman–Crippen LogP) is 2.88. The number of amides is 1. The van der Waals surface area contributed by atoms with Gasteiger partial charge in [0.2, 0.25) is 5.91 Å². The average molecular weight is 411 g/mol. The van der Waals surface area contributed by atoms with Gasteiger partial charge in [0.1, 0.15) is 11.6 Å². The van der Waals surface area contributed by atoms with Crippen LogP contribution in [-0.4, -0.2) is 30.7 Å². The molecule has 0 saturated carbocycles. The normalized spacial score (nSPS) is 14.4. The zero-order chi connectivity index (χ0) is 20.4. The Hall–Kier alpha value is -3.13. The van der Waals surface area contributed by atoms with E-state index in [0.717, 1.165) is 17.0 Å². The molecule has 29 heavy (non-hydrogen) atoms. The zero-order valence-electron chi connectivity index (χ0n) is 16.0. The third-order valence-electron chi connectivity index (χ3n) is 4.65. The lowest BCUT2D eigenvalue weighted by Gasteiger charge is -2.11. The molecule has 0 aliphatic carbocycles. The van der Waals surface area contributed by atoms with Gasteiger partial charge < -0.3 is 10.1 Å². The summed E-state index contributed by atoms with van der Waals surface area (Å²) in [5.41, 5.74) is 2.65. The second kappa shape index (κ2) is 7.71. The van der Waals surface area contributed by atoms with E-state index in [1.807, 2.05) is 61.5 Å². The Bertz CT molecular complexity index is 1140. The standard InChI is InChI=1S/C21H21N3O4S/c1-2-28-17-10-8-15(9-11-17)12-20(25)22-21-18-13-29(26,27)14-19(18)23-24(21)16-6-4-3-5-7-16/h3-11H,2,12-14H2,1H3,(H,22,25). The number of rotatable bonds is 6. The highest BCUT2D eigenvalue weighted by molar-refractivity contribution is 7.90. The average Bonchev–Trinajstić information content (AvgIpc) is 3.17. The van der Waals surface area contributed by atoms with Crippen LogP contribution >= 0.6 is 0 Å². The highest BCUT2D eigenvalue weighted by Crippen LogP contribution is 2.33. The SMILES string of the molecule is CCOc1ccc(CC(=O)Nc2c3c(nn2-c2ccccc2)CS(=O)(=O)C3)cc1. The van der Waals surface area contributed by atoms with E-state index in [2.05, 4.69) is 10.4 Å². The first-order valence-corrected chi connectivity index (χ1v) is 11.2. The summed E-state index contributed by atoms with van der Waals surface area (Å²) in [6.07, 6.45) is 0.161. The van der Waals surface area contributed by atoms with Crippen molar-refractivity contribution in [3.8, 4) is 11.4 Å². The van der Waals surface area contributed by atoms with Gasteiger partial charge in [-0.1, -0.05) is 30.3 Å². The number of fused-ring (bicyclic) bond motifs is 1. The van der Waals surface area contributed by atoms with Crippen LogP contribution in [0.15, 0.2) is 54.6 Å². The van der Waals surface area contributed by atoms with E-state index in [4.69, 9.17) is 4.74 Å². The molecule has 0 fully saturated rings. The summed E-state index contributed by atoms with van der Waals surface area (Å²) in [4.78, 5) is 12.7. The summed E-state index contributed by atoms with van der Waals surface area (Å²) in [5.74, 6) is 0.709. The number of para-hydroxylation sites is 1. The van der Waals surface area contributed by atoms with E-state index in [1.54, 1.807) is 4.68 Å². The van der Waals surface area contributed by atoms with Crippen LogP contribution in [0.1, 0.15) is 23.7 Å². The van der Waals surface area contributed by atoms with Gasteiger partial charge in [0.05, 0.1) is 35.9 Å². The molecule has 2 aromatic carbocycles. The molecule has 0 radical (unpaired) electrons. The summed E-state index contributed by atoms with van der Waals surface area (Å²) >= 11 is 0. The molecule has 0 unspecified atom stereocenters. The third kappa shape index (κ3) is 4.17. The summed E-state index contributed by atoms with van der Waals surface area (Å²) in [6.45, 7) is 2.49. The van der Waals surface area contributed by atoms with Crippen LogP contribution < -0.4 is 10.1 Å². The van der Waals surface area contributed by atoms with E-state index in [9.17, 15) is 13.2 Å². The van der Waals surface area contributed by atoms with Gasteiger partial charge >= 0.3 is 0 Å². The van der Waals surface area contributed by atoms with Crippen LogP contribution in [0.25, 0.3) is 5.69 Å². The van der Waals surface area contributed by atoms with Gasteiger partial charge in [-0.05, 0) is 36.8 Å². The fourth-order valence-electron chi connectivity index (χ4n) is 3.36. The summed E-state index contributed by atoms with van der Waals surface area (Å²) < 4.78 is 31.1. The van der Waals surface area contributed by atoms with Crippen molar-refractivity contribution in [3.63, 3.8) is 0 Å². The second-order valence-corrected chi connectivity index (χ2v) is 8.92. The minimum Gasteiger partial charge on any atom is -0.494 e. The van der Waals surface area contributed by atoms with Gasteiger partial charge in [-0.15, -0.1) is 0 Å². The highest BCUT2D eigenvalue weighted by Gasteiger charge is 2.33. The van der Waals surface area contributed by atoms with Crippen LogP contribution in [0.2, 0.25) is 0 Å². The topological polar surface area (TPSA) is 90.3 Å². The minimum atomic E-state index is -3.23. The van der Waals surface area contributed by atoms with Gasteiger partial charge in [0.15, 0.2) is 9.84 Å². The van der Waals surface area contributed by atoms with E-state index in [1.165, 1.54) is 0 Å². The lowest BCUT2D eigenvalue weighted by atomic mass is 10.1. The molecule has 1 aliphatic heterocycles. The number of nitrogens with one attached hydrogen (secondary N) is 1. The smallest absolute Gasteiger partial charge is 0.229 e. The van der Waals surface area contributed by atoms with Crippen molar-refractivity contribution < 1.29 is 17.9 Å². The van der Waals surface area contributed by atoms with Crippen LogP contribution in [0, 0.1) is 0 Å². The molecule has 0 bridgehead atoms. The lowest BCUT2D eigenvalue weighted by molar-refractivity contribution is -0.115. The number of benzene rings is 2. The molecule has 4 rings (SSSR count). The van der Waals surface area contributed by atoms with E-state index in [0.29, 0.717) is 23.7 Å². The fraction of sp³-hybridized carbons (Fsp3) is 0.238. The van der Waals surface area contributed by atoms with E-state index < -0.39 is 9.84 Å². The number of hydrogen-bond donors (Lipinski definition) is 1. The van der Waals surface area contributed by atoms with Crippen LogP contribution in [0.3, 0.4) is 0 Å². The largest absolute Gasteiger partial charge is 0.494 e. The maximum absolute atomic E-state index is 12.7. The molecular weight excluding hydrogens is 390 g/mol. The van der Waals surface area contributed by atoms with Crippen molar-refractivity contribution in [1.29, 1.82) is 0 Å². The number of anilines is 1. The quantitative estimate of drug-likeness (QED) is 0.674. The monoisotopic (exact) mass is 411 g/mol. The highest BCUT2D eigenvalue weighted by atomic mass is 32.2. The maximum Gasteiger partial charge on any atom is 0.229 e. The Kier molecular flexibility index (Phi) is 5.10. The predicted molar refractivity (Wildman–Crippen MR) is 110 cm³/mol. The number of nitrogens with zero attached hydrogens (tertiary/aromatic N) is 2. The van der Waals surface area contributed by atoms with Crippen molar-refractivity contribution in [1.82, 2.24) is 9.78 Å². The van der Waals surface area contributed by atoms with Gasteiger partial charge in [-0.3, -0.25) is 4.79 Å². The van der Waals surface area contributed by atoms with Crippen LogP contribution in [0.5, 0.6) is 5.75 Å². The maximum atomic E-state index is 12.7. The molecule has 1 amide bonds. The fourth-order valence-corrected chi connectivity index (χ4v) is 4.85. The van der Waals surface area contributed by atoms with Crippen LogP contribution in [-0.2, 0) is 32.6 Å². The molecule has 8 heteroatoms. The van der Waals surface area contributed by atoms with Crippen LogP contribution in [0.4, 0.5) is 5.82 Å². The lowest BCUT2D eigenvalue weighted by Crippen LogP contribution is -2.18. The number of hydrogen-bond acceptors (Lipinski definition) is 5. The zero-order valence-corrected chi connectivity index (χ0v) is 16.8. The van der Waals surface area contributed by atoms with Crippen molar-refractivity contribution in [2.45, 2.75) is 24.9 Å². The van der Waals surface area contributed by atoms with E-state index >= 15 is 0 Å². The Morgan fingerprint density at radius 3 is 2.52 bits per heavy atom. The Labute approximate surface area is 169 Å². The number of carbonyl (C=O) groups excluding carboxylic acids is 1. The summed E-state index contributed by atoms with van der Waals surface area (Å²) in [7, 11) is -3.23. The molecule has 1 aromatic heterocycles. The second-order valence-electron chi connectivity index (χ2n) is 6.86. The molecule has 3 aromatic rings. The van der Waals surface area contributed by atoms with Crippen molar-refractivity contribution >= 4 is 21.6 Å². The molecule has 2 heterocycles. The molecule has 0 saturated heterocycles. The Morgan fingerprint density at radius 1 is 1.10 bits per heavy atom. The molecular formula is C21H21N3O4S. The summed E-state index contributed by atoms with van der Waals surface area (Å²) in [6, 6.07) is 16.7. The molecule has 150 valence electrons. The first-order valence-electron chi connectivity index (χ1n) is 9.33. The first-order chi connectivity index (χ1) is 13.9. The molecule has 0 atom stereocenters. The number of sulfone groups is 1. The first kappa shape index (κ1) is 19.2. The van der Waals surface area contributed by atoms with Crippen molar-refractivity contribution in [2.24, 2.45) is 0 Å². The number of ether oxygens (including phenoxy) is 1. The third-order valence-corrected chi connectivity index (χ3v) is 6.09. The summed E-state index contributed by atoms with van der Waals surface area (Å²) in [5, 5.41) is 7.34. The Morgan fingerprint density at radius 2 is 1.83 bits per heavy atom. The molecule has 1 N–H and O–H groups in total. The van der Waals surface area contributed by atoms with E-state index in [-0.39, 0.29) is 23.8 Å². The van der Waals surface area contributed by atoms with Crippen molar-refractivity contribution in [3.05, 3.63) is 71.4 Å². The van der Waals surface area contributed by atoms with Gasteiger partial charge in [-0.2, -0.15) is 5.10 Å². The van der Waals surface area contributed by atoms with Crippen molar-refractivity contribution in [2.75, 3.05) is 11.9 Å². The molecule has 7 nitrogen and oxygen atoms in total. The van der Waals surface area contributed by atoms with Gasteiger partial charge in [0, 0.05) is 5.56 Å². The van der Waals surface area contributed by atoms with Gasteiger partial charge in [-0.25, -0.2) is 13.1 Å².